The SMILES string of the molecule is COC(=O)COc1c(C=Nn2c(C3CCCCC3)nc3ccccc3c2=O)cccc1OC. The van der Waals surface area contributed by atoms with Crippen molar-refractivity contribution in [3.05, 3.63) is 64.2 Å². The smallest absolute Gasteiger partial charge is 0.343 e. The summed E-state index contributed by atoms with van der Waals surface area (Å²) in [5.74, 6) is 1.12. The summed E-state index contributed by atoms with van der Waals surface area (Å²) >= 11 is 0. The quantitative estimate of drug-likeness (QED) is 0.401. The maximum Gasteiger partial charge on any atom is 0.343 e. The number of carbonyl (C=O) groups is 1. The van der Waals surface area contributed by atoms with Crippen LogP contribution in [0.3, 0.4) is 0 Å². The molecule has 8 heteroatoms. The van der Waals surface area contributed by atoms with Gasteiger partial charge in [0, 0.05) is 11.5 Å². The molecule has 1 saturated carbocycles. The Kier molecular flexibility index (Phi) is 7.02. The molecule has 1 aromatic heterocycles. The fourth-order valence-electron chi connectivity index (χ4n) is 4.14. The number of ether oxygens (including phenoxy) is 3. The van der Waals surface area contributed by atoms with Gasteiger partial charge in [-0.1, -0.05) is 37.5 Å². The van der Waals surface area contributed by atoms with Gasteiger partial charge in [-0.3, -0.25) is 4.79 Å². The lowest BCUT2D eigenvalue weighted by Crippen LogP contribution is -2.25. The number of aromatic nitrogens is 2. The molecule has 0 saturated heterocycles. The number of hydrogen-bond acceptors (Lipinski definition) is 7. The largest absolute Gasteiger partial charge is 0.493 e. The van der Waals surface area contributed by atoms with Gasteiger partial charge < -0.3 is 14.2 Å². The Morgan fingerprint density at radius 2 is 1.91 bits per heavy atom. The van der Waals surface area contributed by atoms with E-state index in [1.54, 1.807) is 30.5 Å². The Labute approximate surface area is 191 Å². The van der Waals surface area contributed by atoms with Gasteiger partial charge in [0.1, 0.15) is 5.82 Å². The summed E-state index contributed by atoms with van der Waals surface area (Å²) < 4.78 is 17.1. The molecule has 2 aromatic carbocycles. The van der Waals surface area contributed by atoms with Crippen molar-refractivity contribution in [2.45, 2.75) is 38.0 Å². The Hall–Kier alpha value is -3.68. The summed E-state index contributed by atoms with van der Waals surface area (Å²) in [5, 5.41) is 5.07. The molecule has 8 nitrogen and oxygen atoms in total. The van der Waals surface area contributed by atoms with E-state index in [-0.39, 0.29) is 18.1 Å². The van der Waals surface area contributed by atoms with Crippen LogP contribution in [-0.4, -0.2) is 42.7 Å². The van der Waals surface area contributed by atoms with Gasteiger partial charge in [-0.25, -0.2) is 9.78 Å². The summed E-state index contributed by atoms with van der Waals surface area (Å²) in [6, 6.07) is 12.6. The van der Waals surface area contributed by atoms with Crippen molar-refractivity contribution in [1.29, 1.82) is 0 Å². The second-order valence-corrected chi connectivity index (χ2v) is 7.93. The number of para-hydroxylation sites is 2. The summed E-state index contributed by atoms with van der Waals surface area (Å²) in [4.78, 5) is 29.8. The third-order valence-corrected chi connectivity index (χ3v) is 5.85. The average Bonchev–Trinajstić information content (AvgIpc) is 2.87. The van der Waals surface area contributed by atoms with Crippen LogP contribution in [0.15, 0.2) is 52.4 Å². The van der Waals surface area contributed by atoms with E-state index < -0.39 is 5.97 Å². The van der Waals surface area contributed by atoms with Gasteiger partial charge in [0.2, 0.25) is 0 Å². The van der Waals surface area contributed by atoms with Crippen LogP contribution in [0.4, 0.5) is 0 Å². The highest BCUT2D eigenvalue weighted by molar-refractivity contribution is 5.85. The van der Waals surface area contributed by atoms with Crippen molar-refractivity contribution >= 4 is 23.1 Å². The number of hydrogen-bond donors (Lipinski definition) is 0. The lowest BCUT2D eigenvalue weighted by molar-refractivity contribution is -0.142. The van der Waals surface area contributed by atoms with E-state index in [9.17, 15) is 9.59 Å². The maximum atomic E-state index is 13.4. The molecule has 1 aliphatic carbocycles. The first-order chi connectivity index (χ1) is 16.1. The number of nitrogens with zero attached hydrogens (tertiary/aromatic N) is 3. The van der Waals surface area contributed by atoms with E-state index in [0.29, 0.717) is 33.8 Å². The molecule has 1 aliphatic rings. The second-order valence-electron chi connectivity index (χ2n) is 7.93. The molecule has 0 amide bonds. The van der Waals surface area contributed by atoms with Gasteiger partial charge in [0.25, 0.3) is 5.56 Å². The van der Waals surface area contributed by atoms with E-state index in [1.807, 2.05) is 18.2 Å². The van der Waals surface area contributed by atoms with E-state index in [1.165, 1.54) is 25.3 Å². The molecule has 0 aliphatic heterocycles. The second kappa shape index (κ2) is 10.3. The number of esters is 1. The standard InChI is InChI=1S/C25H27N3O5/c1-31-21-14-8-11-18(23(21)33-16-22(29)32-2)15-26-28-24(17-9-4-3-5-10-17)27-20-13-7-6-12-19(20)25(28)30/h6-8,11-15,17H,3-5,9-10,16H2,1-2H3. The molecular weight excluding hydrogens is 422 g/mol. The van der Waals surface area contributed by atoms with Crippen LogP contribution in [0.2, 0.25) is 0 Å². The number of benzene rings is 2. The van der Waals surface area contributed by atoms with Gasteiger partial charge in [-0.2, -0.15) is 9.78 Å². The number of fused-ring (bicyclic) bond motifs is 1. The van der Waals surface area contributed by atoms with E-state index in [4.69, 9.17) is 14.5 Å². The first-order valence-corrected chi connectivity index (χ1v) is 11.0. The molecule has 1 heterocycles. The molecular formula is C25H27N3O5. The van der Waals surface area contributed by atoms with Gasteiger partial charge >= 0.3 is 5.97 Å². The molecule has 172 valence electrons. The summed E-state index contributed by atoms with van der Waals surface area (Å²) in [5.41, 5.74) is 1.03. The van der Waals surface area contributed by atoms with Gasteiger partial charge in [-0.05, 0) is 37.1 Å². The van der Waals surface area contributed by atoms with Crippen LogP contribution in [0.1, 0.15) is 49.4 Å². The van der Waals surface area contributed by atoms with Crippen LogP contribution in [0.25, 0.3) is 10.9 Å². The predicted octanol–water partition coefficient (Wildman–Crippen LogP) is 3.89. The maximum absolute atomic E-state index is 13.4. The van der Waals surface area contributed by atoms with Crippen LogP contribution in [-0.2, 0) is 9.53 Å². The highest BCUT2D eigenvalue weighted by atomic mass is 16.6. The van der Waals surface area contributed by atoms with Crippen LogP contribution < -0.4 is 15.0 Å². The molecule has 1 fully saturated rings. The molecule has 0 radical (unpaired) electrons. The Morgan fingerprint density at radius 1 is 1.12 bits per heavy atom. The first kappa shape index (κ1) is 22.5. The van der Waals surface area contributed by atoms with Crippen molar-refractivity contribution in [3.63, 3.8) is 0 Å². The summed E-state index contributed by atoms with van der Waals surface area (Å²) in [6.07, 6.45) is 6.92. The van der Waals surface area contributed by atoms with Gasteiger partial charge in [-0.15, -0.1) is 0 Å². The monoisotopic (exact) mass is 449 g/mol. The van der Waals surface area contributed by atoms with Crippen LogP contribution in [0.5, 0.6) is 11.5 Å². The minimum atomic E-state index is -0.515. The van der Waals surface area contributed by atoms with E-state index in [0.717, 1.165) is 25.7 Å². The average molecular weight is 450 g/mol. The van der Waals surface area contributed by atoms with Crippen molar-refractivity contribution in [1.82, 2.24) is 9.66 Å². The molecule has 0 bridgehead atoms. The fraction of sp³-hybridized carbons (Fsp3) is 0.360. The minimum absolute atomic E-state index is 0.175. The van der Waals surface area contributed by atoms with E-state index >= 15 is 0 Å². The van der Waals surface area contributed by atoms with Crippen molar-refractivity contribution in [2.24, 2.45) is 5.10 Å². The van der Waals surface area contributed by atoms with Crippen molar-refractivity contribution in [3.8, 4) is 11.5 Å². The lowest BCUT2D eigenvalue weighted by Gasteiger charge is -2.22. The highest BCUT2D eigenvalue weighted by Gasteiger charge is 2.22. The third-order valence-electron chi connectivity index (χ3n) is 5.85. The first-order valence-electron chi connectivity index (χ1n) is 11.0. The highest BCUT2D eigenvalue weighted by Crippen LogP contribution is 2.32. The normalized spacial score (nSPS) is 14.5. The zero-order valence-electron chi connectivity index (χ0n) is 18.8. The van der Waals surface area contributed by atoms with E-state index in [2.05, 4.69) is 9.84 Å². The van der Waals surface area contributed by atoms with Gasteiger partial charge in [0.05, 0.1) is 31.3 Å². The van der Waals surface area contributed by atoms with Crippen LogP contribution in [0, 0.1) is 0 Å². The Morgan fingerprint density at radius 3 is 2.67 bits per heavy atom. The molecule has 0 unspecified atom stereocenters. The molecule has 0 spiro atoms. The molecule has 0 atom stereocenters. The topological polar surface area (TPSA) is 92.0 Å². The summed E-state index contributed by atoms with van der Waals surface area (Å²) in [6.45, 7) is -0.275. The third kappa shape index (κ3) is 4.89. The number of carbonyl (C=O) groups excluding carboxylic acids is 1. The van der Waals surface area contributed by atoms with Crippen LogP contribution >= 0.6 is 0 Å². The summed E-state index contributed by atoms with van der Waals surface area (Å²) in [7, 11) is 2.81. The molecule has 33 heavy (non-hydrogen) atoms. The zero-order chi connectivity index (χ0) is 23.2. The lowest BCUT2D eigenvalue weighted by atomic mass is 9.88. The predicted molar refractivity (Wildman–Crippen MR) is 125 cm³/mol. The van der Waals surface area contributed by atoms with Gasteiger partial charge in [0.15, 0.2) is 18.1 Å². The Bertz CT molecular complexity index is 1230. The number of methoxy groups -OCH3 is 2. The number of rotatable bonds is 7. The fourth-order valence-corrected chi connectivity index (χ4v) is 4.14. The minimum Gasteiger partial charge on any atom is -0.493 e. The van der Waals surface area contributed by atoms with Crippen molar-refractivity contribution in [2.75, 3.05) is 20.8 Å². The zero-order valence-corrected chi connectivity index (χ0v) is 18.8. The molecule has 0 N–H and O–H groups in total. The Balaban J connectivity index is 1.78. The van der Waals surface area contributed by atoms with Crippen molar-refractivity contribution < 1.29 is 19.0 Å². The molecule has 4 rings (SSSR count). The molecule has 3 aromatic rings.